The Morgan fingerprint density at radius 3 is 2.25 bits per heavy atom. The van der Waals surface area contributed by atoms with Gasteiger partial charge in [0, 0.05) is 5.56 Å². The molecular formula is C17H20F2O. The smallest absolute Gasteiger partial charge is 0.166 e. The maximum absolute atomic E-state index is 13.8. The summed E-state index contributed by atoms with van der Waals surface area (Å²) in [5.74, 6) is -1.70. The van der Waals surface area contributed by atoms with E-state index in [0.717, 1.165) is 11.6 Å². The van der Waals surface area contributed by atoms with E-state index in [1.807, 2.05) is 27.7 Å². The van der Waals surface area contributed by atoms with E-state index in [9.17, 15) is 13.9 Å². The van der Waals surface area contributed by atoms with Crippen molar-refractivity contribution in [2.24, 2.45) is 0 Å². The normalized spacial score (nSPS) is 10.3. The predicted octanol–water partition coefficient (Wildman–Crippen LogP) is 5.62. The van der Waals surface area contributed by atoms with Gasteiger partial charge < -0.3 is 5.11 Å². The van der Waals surface area contributed by atoms with Crippen molar-refractivity contribution in [1.29, 1.82) is 0 Å². The van der Waals surface area contributed by atoms with Crippen LogP contribution in [0.1, 0.15) is 44.7 Å². The molecule has 0 aromatic heterocycles. The van der Waals surface area contributed by atoms with Gasteiger partial charge in [-0.15, -0.1) is 0 Å². The Balaban J connectivity index is 0.000000956. The highest BCUT2D eigenvalue weighted by molar-refractivity contribution is 5.94. The zero-order valence-corrected chi connectivity index (χ0v) is 12.3. The molecule has 1 nitrogen and oxygen atoms in total. The van der Waals surface area contributed by atoms with E-state index in [0.29, 0.717) is 10.8 Å². The van der Waals surface area contributed by atoms with Crippen LogP contribution in [0.5, 0.6) is 5.75 Å². The summed E-state index contributed by atoms with van der Waals surface area (Å²) >= 11 is 0. The minimum atomic E-state index is -0.933. The highest BCUT2D eigenvalue weighted by atomic mass is 19.2. The Bertz CT molecular complexity index is 631. The number of hydrogen-bond acceptors (Lipinski definition) is 1. The third-order valence-corrected chi connectivity index (χ3v) is 3.01. The molecular weight excluding hydrogens is 258 g/mol. The van der Waals surface area contributed by atoms with Crippen molar-refractivity contribution in [2.75, 3.05) is 0 Å². The summed E-state index contributed by atoms with van der Waals surface area (Å²) in [6.45, 7) is 11.4. The monoisotopic (exact) mass is 278 g/mol. The lowest BCUT2D eigenvalue weighted by molar-refractivity contribution is 0.474. The highest BCUT2D eigenvalue weighted by Gasteiger charge is 2.16. The van der Waals surface area contributed by atoms with Gasteiger partial charge in [0.1, 0.15) is 5.75 Å². The molecule has 0 atom stereocenters. The molecule has 2 rings (SSSR count). The van der Waals surface area contributed by atoms with Crippen LogP contribution in [0.2, 0.25) is 0 Å². The third-order valence-electron chi connectivity index (χ3n) is 3.01. The molecule has 108 valence electrons. The standard InChI is InChI=1S/C15H14F2O.C2H6/c1-4-11-14-9(6-13(16)15(11)17)5-10(18)7-12(14)8(2)3;1-2/h4-8,18H,1H2,2-3H3;1-2H3. The molecule has 0 spiro atoms. The van der Waals surface area contributed by atoms with Crippen molar-refractivity contribution >= 4 is 16.8 Å². The predicted molar refractivity (Wildman–Crippen MR) is 81.1 cm³/mol. The largest absolute Gasteiger partial charge is 0.508 e. The van der Waals surface area contributed by atoms with Crippen LogP contribution in [0, 0.1) is 11.6 Å². The van der Waals surface area contributed by atoms with E-state index in [1.54, 1.807) is 6.07 Å². The fraction of sp³-hybridized carbons (Fsp3) is 0.294. The zero-order valence-electron chi connectivity index (χ0n) is 12.3. The van der Waals surface area contributed by atoms with E-state index >= 15 is 0 Å². The summed E-state index contributed by atoms with van der Waals surface area (Å²) in [4.78, 5) is 0. The number of rotatable bonds is 2. The van der Waals surface area contributed by atoms with E-state index in [4.69, 9.17) is 0 Å². The number of phenols is 1. The molecule has 0 radical (unpaired) electrons. The number of phenolic OH excluding ortho intramolecular Hbond substituents is 1. The second-order valence-corrected chi connectivity index (χ2v) is 4.58. The zero-order chi connectivity index (χ0) is 15.4. The van der Waals surface area contributed by atoms with Crippen molar-refractivity contribution < 1.29 is 13.9 Å². The van der Waals surface area contributed by atoms with Gasteiger partial charge in [0.2, 0.25) is 0 Å². The lowest BCUT2D eigenvalue weighted by Crippen LogP contribution is -1.97. The summed E-state index contributed by atoms with van der Waals surface area (Å²) in [6.07, 6.45) is 1.31. The summed E-state index contributed by atoms with van der Waals surface area (Å²) in [6, 6.07) is 4.11. The van der Waals surface area contributed by atoms with Gasteiger partial charge in [-0.3, -0.25) is 0 Å². The van der Waals surface area contributed by atoms with Gasteiger partial charge in [-0.1, -0.05) is 40.3 Å². The summed E-state index contributed by atoms with van der Waals surface area (Å²) in [5, 5.41) is 10.7. The first-order valence-electron chi connectivity index (χ1n) is 6.72. The molecule has 0 heterocycles. The average molecular weight is 278 g/mol. The Labute approximate surface area is 118 Å². The maximum atomic E-state index is 13.8. The molecule has 0 unspecified atom stereocenters. The van der Waals surface area contributed by atoms with Crippen LogP contribution < -0.4 is 0 Å². The van der Waals surface area contributed by atoms with Gasteiger partial charge in [-0.2, -0.15) is 0 Å². The van der Waals surface area contributed by atoms with Gasteiger partial charge >= 0.3 is 0 Å². The Morgan fingerprint density at radius 1 is 1.15 bits per heavy atom. The van der Waals surface area contributed by atoms with Crippen LogP contribution >= 0.6 is 0 Å². The second-order valence-electron chi connectivity index (χ2n) is 4.58. The van der Waals surface area contributed by atoms with Crippen molar-refractivity contribution in [3.05, 3.63) is 47.5 Å². The molecule has 0 aliphatic rings. The van der Waals surface area contributed by atoms with Crippen LogP contribution in [-0.2, 0) is 0 Å². The summed E-state index contributed by atoms with van der Waals surface area (Å²) < 4.78 is 27.2. The SMILES string of the molecule is C=Cc1c(F)c(F)cc2cc(O)cc(C(C)C)c12.CC. The van der Waals surface area contributed by atoms with Crippen LogP contribution in [0.4, 0.5) is 8.78 Å². The molecule has 20 heavy (non-hydrogen) atoms. The first-order valence-corrected chi connectivity index (χ1v) is 6.72. The molecule has 0 bridgehead atoms. The molecule has 3 heteroatoms. The molecule has 0 fully saturated rings. The van der Waals surface area contributed by atoms with Crippen molar-refractivity contribution in [3.8, 4) is 5.75 Å². The Kier molecular flexibility index (Phi) is 5.26. The highest BCUT2D eigenvalue weighted by Crippen LogP contribution is 2.34. The molecule has 0 saturated carbocycles. The quantitative estimate of drug-likeness (QED) is 0.756. The van der Waals surface area contributed by atoms with Crippen LogP contribution in [-0.4, -0.2) is 5.11 Å². The fourth-order valence-electron chi connectivity index (χ4n) is 2.18. The minimum Gasteiger partial charge on any atom is -0.508 e. The molecule has 0 saturated heterocycles. The summed E-state index contributed by atoms with van der Waals surface area (Å²) in [7, 11) is 0. The second kappa shape index (κ2) is 6.51. The molecule has 2 aromatic carbocycles. The van der Waals surface area contributed by atoms with Crippen LogP contribution in [0.15, 0.2) is 24.8 Å². The van der Waals surface area contributed by atoms with Gasteiger partial charge in [-0.25, -0.2) is 8.78 Å². The molecule has 0 aliphatic carbocycles. The van der Waals surface area contributed by atoms with E-state index in [1.165, 1.54) is 12.1 Å². The molecule has 1 N–H and O–H groups in total. The van der Waals surface area contributed by atoms with E-state index in [-0.39, 0.29) is 17.2 Å². The average Bonchev–Trinajstić information content (AvgIpc) is 2.42. The fourth-order valence-corrected chi connectivity index (χ4v) is 2.18. The van der Waals surface area contributed by atoms with Crippen LogP contribution in [0.3, 0.4) is 0 Å². The number of fused-ring (bicyclic) bond motifs is 1. The molecule has 0 amide bonds. The van der Waals surface area contributed by atoms with Crippen molar-refractivity contribution in [3.63, 3.8) is 0 Å². The first kappa shape index (κ1) is 16.2. The topological polar surface area (TPSA) is 20.2 Å². The van der Waals surface area contributed by atoms with E-state index in [2.05, 4.69) is 6.58 Å². The lowest BCUT2D eigenvalue weighted by Gasteiger charge is -2.14. The first-order chi connectivity index (χ1) is 9.45. The van der Waals surface area contributed by atoms with Crippen molar-refractivity contribution in [1.82, 2.24) is 0 Å². The summed E-state index contributed by atoms with van der Waals surface area (Å²) in [5.41, 5.74) is 0.924. The Hall–Kier alpha value is -1.90. The van der Waals surface area contributed by atoms with Gasteiger partial charge in [0.15, 0.2) is 11.6 Å². The van der Waals surface area contributed by atoms with Gasteiger partial charge in [0.25, 0.3) is 0 Å². The number of hydrogen-bond donors (Lipinski definition) is 1. The molecule has 0 aliphatic heterocycles. The number of aromatic hydroxyl groups is 1. The minimum absolute atomic E-state index is 0.0484. The van der Waals surface area contributed by atoms with Crippen LogP contribution in [0.25, 0.3) is 16.8 Å². The third kappa shape index (κ3) is 2.82. The van der Waals surface area contributed by atoms with Crippen molar-refractivity contribution in [2.45, 2.75) is 33.6 Å². The maximum Gasteiger partial charge on any atom is 0.166 e. The van der Waals surface area contributed by atoms with E-state index < -0.39 is 11.6 Å². The lowest BCUT2D eigenvalue weighted by atomic mass is 9.92. The number of halogens is 2. The van der Waals surface area contributed by atoms with Gasteiger partial charge in [-0.05, 0) is 40.5 Å². The van der Waals surface area contributed by atoms with Gasteiger partial charge in [0.05, 0.1) is 0 Å². The molecule has 2 aromatic rings. The Morgan fingerprint density at radius 2 is 1.75 bits per heavy atom. The number of benzene rings is 2.